The van der Waals surface area contributed by atoms with E-state index in [1.54, 1.807) is 23.5 Å². The monoisotopic (exact) mass is 260 g/mol. The van der Waals surface area contributed by atoms with Gasteiger partial charge in [-0.15, -0.1) is 11.8 Å². The topological polar surface area (TPSA) is 43.4 Å². The molecule has 1 rings (SSSR count). The Bertz CT molecular complexity index is 287. The fourth-order valence-corrected chi connectivity index (χ4v) is 3.24. The van der Waals surface area contributed by atoms with Gasteiger partial charge in [0, 0.05) is 11.3 Å². The van der Waals surface area contributed by atoms with E-state index in [1.165, 1.54) is 7.11 Å². The van der Waals surface area contributed by atoms with Gasteiger partial charge in [0.2, 0.25) is 0 Å². The molecule has 0 heterocycles. The Balaban J connectivity index is 1.96. The second-order valence-corrected chi connectivity index (χ2v) is 5.60. The van der Waals surface area contributed by atoms with Crippen LogP contribution in [0.2, 0.25) is 0 Å². The Morgan fingerprint density at radius 2 is 2.31 bits per heavy atom. The molecule has 0 radical (unpaired) electrons. The Morgan fingerprint density at radius 1 is 1.50 bits per heavy atom. The van der Waals surface area contributed by atoms with Crippen LogP contribution in [0.3, 0.4) is 0 Å². The Labute approximate surface area is 104 Å². The summed E-state index contributed by atoms with van der Waals surface area (Å²) in [6.45, 7) is 0. The normalized spacial score (nSPS) is 15.1. The van der Waals surface area contributed by atoms with E-state index >= 15 is 0 Å². The van der Waals surface area contributed by atoms with E-state index in [2.05, 4.69) is 4.74 Å². The molecule has 1 aliphatic carbocycles. The van der Waals surface area contributed by atoms with Crippen LogP contribution in [0.15, 0.2) is 11.0 Å². The van der Waals surface area contributed by atoms with Gasteiger partial charge in [0.25, 0.3) is 0 Å². The highest BCUT2D eigenvalue weighted by atomic mass is 32.2. The molecule has 0 aliphatic heterocycles. The number of hydrogen-bond donors (Lipinski definition) is 0. The standard InChI is InChI=1S/C11H16O3S2/c1-14-11(13)8-15-6-3-7-16-10-5-2-4-9(10)12/h5H,2-4,6-8H2,1H3. The summed E-state index contributed by atoms with van der Waals surface area (Å²) in [4.78, 5) is 23.0. The van der Waals surface area contributed by atoms with Gasteiger partial charge in [-0.2, -0.15) is 11.8 Å². The molecule has 1 aliphatic rings. The van der Waals surface area contributed by atoms with Crippen LogP contribution in [0, 0.1) is 0 Å². The summed E-state index contributed by atoms with van der Waals surface area (Å²) in [6.07, 6.45) is 4.61. The Morgan fingerprint density at radius 3 is 2.94 bits per heavy atom. The number of ketones is 1. The molecule has 5 heteroatoms. The van der Waals surface area contributed by atoms with E-state index in [9.17, 15) is 9.59 Å². The summed E-state index contributed by atoms with van der Waals surface area (Å²) in [5.41, 5.74) is 0. The highest BCUT2D eigenvalue weighted by Gasteiger charge is 2.14. The first kappa shape index (κ1) is 13.6. The molecule has 0 aromatic heterocycles. The van der Waals surface area contributed by atoms with Crippen molar-refractivity contribution in [2.75, 3.05) is 24.4 Å². The first-order valence-corrected chi connectivity index (χ1v) is 7.39. The van der Waals surface area contributed by atoms with Crippen LogP contribution in [-0.4, -0.2) is 36.1 Å². The van der Waals surface area contributed by atoms with Gasteiger partial charge in [-0.25, -0.2) is 0 Å². The quantitative estimate of drug-likeness (QED) is 0.519. The second kappa shape index (κ2) is 7.79. The number of Topliss-reactive ketones (excluding diaryl/α,β-unsaturated/α-hetero) is 1. The highest BCUT2D eigenvalue weighted by Crippen LogP contribution is 2.26. The molecule has 16 heavy (non-hydrogen) atoms. The average molecular weight is 260 g/mol. The molecule has 0 aromatic carbocycles. The van der Waals surface area contributed by atoms with Crippen LogP contribution >= 0.6 is 23.5 Å². The van der Waals surface area contributed by atoms with E-state index in [1.807, 2.05) is 6.08 Å². The second-order valence-electron chi connectivity index (χ2n) is 3.36. The third kappa shape index (κ3) is 5.07. The fourth-order valence-electron chi connectivity index (χ4n) is 1.27. The molecule has 0 atom stereocenters. The third-order valence-corrected chi connectivity index (χ3v) is 4.33. The van der Waals surface area contributed by atoms with Gasteiger partial charge >= 0.3 is 5.97 Å². The fraction of sp³-hybridized carbons (Fsp3) is 0.636. The van der Waals surface area contributed by atoms with Crippen molar-refractivity contribution in [1.82, 2.24) is 0 Å². The number of allylic oxidation sites excluding steroid dienone is 2. The van der Waals surface area contributed by atoms with Gasteiger partial charge in [0.1, 0.15) is 0 Å². The summed E-state index contributed by atoms with van der Waals surface area (Å²) in [5.74, 6) is 2.41. The zero-order valence-electron chi connectivity index (χ0n) is 9.36. The van der Waals surface area contributed by atoms with E-state index in [0.29, 0.717) is 12.2 Å². The minimum absolute atomic E-state index is 0.175. The predicted molar refractivity (Wildman–Crippen MR) is 68.7 cm³/mol. The van der Waals surface area contributed by atoms with Crippen molar-refractivity contribution in [3.8, 4) is 0 Å². The molecular weight excluding hydrogens is 244 g/mol. The van der Waals surface area contributed by atoms with Crippen LogP contribution in [0.1, 0.15) is 19.3 Å². The number of carbonyl (C=O) groups is 2. The van der Waals surface area contributed by atoms with Gasteiger partial charge in [-0.1, -0.05) is 6.08 Å². The molecule has 90 valence electrons. The first-order chi connectivity index (χ1) is 7.74. The SMILES string of the molecule is COC(=O)CSCCCSC1=CCCC1=O. The summed E-state index contributed by atoms with van der Waals surface area (Å²) < 4.78 is 4.53. The minimum Gasteiger partial charge on any atom is -0.468 e. The lowest BCUT2D eigenvalue weighted by Crippen LogP contribution is -2.03. The maximum absolute atomic E-state index is 11.3. The predicted octanol–water partition coefficient (Wildman–Crippen LogP) is 2.26. The lowest BCUT2D eigenvalue weighted by Gasteiger charge is -2.01. The molecule has 0 bridgehead atoms. The molecular formula is C11H16O3S2. The molecule has 3 nitrogen and oxygen atoms in total. The smallest absolute Gasteiger partial charge is 0.315 e. The van der Waals surface area contributed by atoms with Crippen molar-refractivity contribution >= 4 is 35.3 Å². The van der Waals surface area contributed by atoms with Crippen LogP contribution in [0.25, 0.3) is 0 Å². The minimum atomic E-state index is -0.175. The highest BCUT2D eigenvalue weighted by molar-refractivity contribution is 8.04. The summed E-state index contributed by atoms with van der Waals surface area (Å²) >= 11 is 3.22. The van der Waals surface area contributed by atoms with E-state index < -0.39 is 0 Å². The zero-order chi connectivity index (χ0) is 11.8. The van der Waals surface area contributed by atoms with Gasteiger partial charge in [0.05, 0.1) is 12.9 Å². The molecule has 0 amide bonds. The summed E-state index contributed by atoms with van der Waals surface area (Å²) in [7, 11) is 1.40. The van der Waals surface area contributed by atoms with E-state index in [0.717, 1.165) is 29.3 Å². The Hall–Kier alpha value is -0.420. The van der Waals surface area contributed by atoms with Crippen molar-refractivity contribution < 1.29 is 14.3 Å². The van der Waals surface area contributed by atoms with Crippen molar-refractivity contribution in [1.29, 1.82) is 0 Å². The number of thioether (sulfide) groups is 2. The zero-order valence-corrected chi connectivity index (χ0v) is 11.0. The largest absolute Gasteiger partial charge is 0.468 e. The van der Waals surface area contributed by atoms with Crippen molar-refractivity contribution in [2.45, 2.75) is 19.3 Å². The van der Waals surface area contributed by atoms with Crippen LogP contribution in [0.4, 0.5) is 0 Å². The lowest BCUT2D eigenvalue weighted by molar-refractivity contribution is -0.137. The van der Waals surface area contributed by atoms with Gasteiger partial charge in [-0.05, 0) is 24.3 Å². The van der Waals surface area contributed by atoms with Crippen molar-refractivity contribution in [2.24, 2.45) is 0 Å². The maximum atomic E-state index is 11.3. The number of esters is 1. The van der Waals surface area contributed by atoms with Gasteiger partial charge in [0.15, 0.2) is 5.78 Å². The summed E-state index contributed by atoms with van der Waals surface area (Å²) in [6, 6.07) is 0. The molecule has 0 saturated heterocycles. The molecule has 0 unspecified atom stereocenters. The van der Waals surface area contributed by atoms with Gasteiger partial charge < -0.3 is 4.74 Å². The Kier molecular flexibility index (Phi) is 6.64. The number of methoxy groups -OCH3 is 1. The summed E-state index contributed by atoms with van der Waals surface area (Å²) in [5, 5.41) is 0. The number of rotatable bonds is 7. The third-order valence-electron chi connectivity index (χ3n) is 2.11. The van der Waals surface area contributed by atoms with Crippen LogP contribution in [0.5, 0.6) is 0 Å². The van der Waals surface area contributed by atoms with Crippen molar-refractivity contribution in [3.63, 3.8) is 0 Å². The molecule has 0 spiro atoms. The number of hydrogen-bond acceptors (Lipinski definition) is 5. The first-order valence-electron chi connectivity index (χ1n) is 5.24. The van der Waals surface area contributed by atoms with Gasteiger partial charge in [-0.3, -0.25) is 9.59 Å². The lowest BCUT2D eigenvalue weighted by atomic mass is 10.3. The average Bonchev–Trinajstić information content (AvgIpc) is 2.69. The maximum Gasteiger partial charge on any atom is 0.315 e. The van der Waals surface area contributed by atoms with E-state index in [-0.39, 0.29) is 11.8 Å². The van der Waals surface area contributed by atoms with Crippen LogP contribution < -0.4 is 0 Å². The van der Waals surface area contributed by atoms with Crippen LogP contribution in [-0.2, 0) is 14.3 Å². The molecule has 0 fully saturated rings. The molecule has 0 N–H and O–H groups in total. The van der Waals surface area contributed by atoms with Crippen molar-refractivity contribution in [3.05, 3.63) is 11.0 Å². The molecule has 0 saturated carbocycles. The number of carbonyl (C=O) groups excluding carboxylic acids is 2. The molecule has 0 aromatic rings. The van der Waals surface area contributed by atoms with E-state index in [4.69, 9.17) is 0 Å². The number of ether oxygens (including phenoxy) is 1.